The number of rotatable bonds is 6. The van der Waals surface area contributed by atoms with Crippen LogP contribution in [0.1, 0.15) is 22.8 Å². The number of carbonyl (C=O) groups is 2. The van der Waals surface area contributed by atoms with Gasteiger partial charge in [0, 0.05) is 21.8 Å². The van der Waals surface area contributed by atoms with Gasteiger partial charge >= 0.3 is 0 Å². The van der Waals surface area contributed by atoms with Gasteiger partial charge in [-0.15, -0.1) is 11.8 Å². The van der Waals surface area contributed by atoms with Crippen LogP contribution >= 0.6 is 11.8 Å². The zero-order valence-corrected chi connectivity index (χ0v) is 16.6. The van der Waals surface area contributed by atoms with Crippen molar-refractivity contribution in [2.75, 3.05) is 10.6 Å². The van der Waals surface area contributed by atoms with Crippen molar-refractivity contribution in [3.63, 3.8) is 0 Å². The quantitative estimate of drug-likeness (QED) is 0.557. The molecule has 3 rings (SSSR count). The van der Waals surface area contributed by atoms with Gasteiger partial charge in [-0.1, -0.05) is 42.5 Å². The van der Waals surface area contributed by atoms with Crippen molar-refractivity contribution in [3.05, 3.63) is 90.0 Å². The molecule has 4 nitrogen and oxygen atoms in total. The second kappa shape index (κ2) is 9.24. The largest absolute Gasteiger partial charge is 0.325 e. The normalized spacial score (nSPS) is 11.5. The second-order valence-corrected chi connectivity index (χ2v) is 7.77. The molecule has 3 aromatic rings. The van der Waals surface area contributed by atoms with E-state index in [1.54, 1.807) is 12.1 Å². The van der Waals surface area contributed by atoms with Gasteiger partial charge in [-0.25, -0.2) is 0 Å². The number of thioether (sulfide) groups is 1. The van der Waals surface area contributed by atoms with E-state index in [2.05, 4.69) is 10.6 Å². The highest BCUT2D eigenvalue weighted by Crippen LogP contribution is 2.27. The van der Waals surface area contributed by atoms with E-state index in [9.17, 15) is 9.59 Å². The zero-order chi connectivity index (χ0) is 19.9. The first kappa shape index (κ1) is 19.7. The van der Waals surface area contributed by atoms with Crippen LogP contribution in [0.3, 0.4) is 0 Å². The Morgan fingerprint density at radius 1 is 0.786 bits per heavy atom. The minimum atomic E-state index is -0.246. The van der Waals surface area contributed by atoms with Crippen molar-refractivity contribution >= 4 is 35.0 Å². The molecule has 3 aromatic carbocycles. The van der Waals surface area contributed by atoms with Crippen molar-refractivity contribution in [2.45, 2.75) is 24.0 Å². The Balaban J connectivity index is 1.68. The fraction of sp³-hybridized carbons (Fsp3) is 0.130. The first-order valence-electron chi connectivity index (χ1n) is 9.03. The Morgan fingerprint density at radius 2 is 1.36 bits per heavy atom. The van der Waals surface area contributed by atoms with Crippen LogP contribution in [-0.4, -0.2) is 17.1 Å². The maximum Gasteiger partial charge on any atom is 0.255 e. The molecule has 0 aliphatic rings. The van der Waals surface area contributed by atoms with Crippen LogP contribution in [0.15, 0.2) is 83.8 Å². The molecule has 1 unspecified atom stereocenters. The van der Waals surface area contributed by atoms with Gasteiger partial charge in [0.25, 0.3) is 5.91 Å². The van der Waals surface area contributed by atoms with Gasteiger partial charge in [-0.05, 0) is 55.8 Å². The number of hydrogen-bond donors (Lipinski definition) is 2. The van der Waals surface area contributed by atoms with Crippen LogP contribution in [0, 0.1) is 6.92 Å². The summed E-state index contributed by atoms with van der Waals surface area (Å²) in [7, 11) is 0. The van der Waals surface area contributed by atoms with Gasteiger partial charge in [0.15, 0.2) is 0 Å². The summed E-state index contributed by atoms with van der Waals surface area (Å²) in [6.07, 6.45) is 0. The maximum absolute atomic E-state index is 12.6. The Morgan fingerprint density at radius 3 is 2.00 bits per heavy atom. The Labute approximate surface area is 169 Å². The Kier molecular flexibility index (Phi) is 6.50. The number of amides is 2. The van der Waals surface area contributed by atoms with Crippen molar-refractivity contribution < 1.29 is 9.59 Å². The fourth-order valence-electron chi connectivity index (χ4n) is 2.68. The maximum atomic E-state index is 12.6. The van der Waals surface area contributed by atoms with E-state index in [1.165, 1.54) is 11.8 Å². The molecule has 0 heterocycles. The third kappa shape index (κ3) is 5.02. The van der Waals surface area contributed by atoms with E-state index >= 15 is 0 Å². The van der Waals surface area contributed by atoms with Crippen LogP contribution in [0.2, 0.25) is 0 Å². The van der Waals surface area contributed by atoms with Gasteiger partial charge in [-0.2, -0.15) is 0 Å². The summed E-state index contributed by atoms with van der Waals surface area (Å²) < 4.78 is 0. The van der Waals surface area contributed by atoms with Crippen molar-refractivity contribution in [1.29, 1.82) is 0 Å². The van der Waals surface area contributed by atoms with Crippen LogP contribution in [0.4, 0.5) is 11.4 Å². The lowest BCUT2D eigenvalue weighted by atomic mass is 10.1. The highest BCUT2D eigenvalue weighted by molar-refractivity contribution is 8.00. The zero-order valence-electron chi connectivity index (χ0n) is 15.8. The Bertz CT molecular complexity index is 959. The number of anilines is 2. The van der Waals surface area contributed by atoms with Crippen LogP contribution in [-0.2, 0) is 4.79 Å². The molecule has 0 bridgehead atoms. The second-order valence-electron chi connectivity index (χ2n) is 6.36. The molecule has 0 aliphatic heterocycles. The molecule has 28 heavy (non-hydrogen) atoms. The van der Waals surface area contributed by atoms with E-state index < -0.39 is 0 Å². The predicted molar refractivity (Wildman–Crippen MR) is 116 cm³/mol. The van der Waals surface area contributed by atoms with Crippen molar-refractivity contribution in [1.82, 2.24) is 0 Å². The molecule has 0 saturated carbocycles. The highest BCUT2D eigenvalue weighted by Gasteiger charge is 2.16. The average Bonchev–Trinajstić information content (AvgIpc) is 2.72. The summed E-state index contributed by atoms with van der Waals surface area (Å²) >= 11 is 1.51. The van der Waals surface area contributed by atoms with E-state index in [4.69, 9.17) is 0 Å². The molecule has 0 aliphatic carbocycles. The van der Waals surface area contributed by atoms with Crippen molar-refractivity contribution in [3.8, 4) is 0 Å². The summed E-state index contributed by atoms with van der Waals surface area (Å²) in [4.78, 5) is 26.1. The van der Waals surface area contributed by atoms with Crippen LogP contribution < -0.4 is 10.6 Å². The first-order valence-corrected chi connectivity index (χ1v) is 9.91. The molecular weight excluding hydrogens is 368 g/mol. The summed E-state index contributed by atoms with van der Waals surface area (Å²) in [6, 6.07) is 24.4. The number of benzene rings is 3. The molecule has 0 spiro atoms. The van der Waals surface area contributed by atoms with Gasteiger partial charge < -0.3 is 10.6 Å². The van der Waals surface area contributed by atoms with E-state index in [-0.39, 0.29) is 17.1 Å². The minimum absolute atomic E-state index is 0.0801. The summed E-state index contributed by atoms with van der Waals surface area (Å²) in [5, 5.41) is 5.64. The van der Waals surface area contributed by atoms with E-state index in [0.717, 1.165) is 10.5 Å². The van der Waals surface area contributed by atoms with Crippen LogP contribution in [0.25, 0.3) is 0 Å². The molecule has 0 aromatic heterocycles. The number of carbonyl (C=O) groups excluding carboxylic acids is 2. The Hall–Kier alpha value is -3.05. The van der Waals surface area contributed by atoms with Gasteiger partial charge in [0.2, 0.25) is 5.91 Å². The van der Waals surface area contributed by atoms with Gasteiger partial charge in [-0.3, -0.25) is 9.59 Å². The first-order chi connectivity index (χ1) is 13.5. The SMILES string of the molecule is Cc1c(NC(=O)c2ccccc2)cccc1NC(=O)C(C)Sc1ccccc1. The molecule has 1 atom stereocenters. The molecular formula is C23H22N2O2S. The van der Waals surface area contributed by atoms with E-state index in [0.29, 0.717) is 16.9 Å². The molecule has 2 amide bonds. The number of hydrogen-bond acceptors (Lipinski definition) is 3. The van der Waals surface area contributed by atoms with Gasteiger partial charge in [0.05, 0.1) is 5.25 Å². The lowest BCUT2D eigenvalue weighted by Gasteiger charge is -2.16. The standard InChI is InChI=1S/C23H22N2O2S/c1-16-20(24-22(26)17(2)28-19-12-7-4-8-13-19)14-9-15-21(16)25-23(27)18-10-5-3-6-11-18/h3-15,17H,1-2H3,(H,24,26)(H,25,27). The lowest BCUT2D eigenvalue weighted by molar-refractivity contribution is -0.115. The molecule has 2 N–H and O–H groups in total. The third-order valence-electron chi connectivity index (χ3n) is 4.30. The topological polar surface area (TPSA) is 58.2 Å². The molecule has 0 fully saturated rings. The molecule has 0 radical (unpaired) electrons. The smallest absolute Gasteiger partial charge is 0.255 e. The fourth-order valence-corrected chi connectivity index (χ4v) is 3.57. The van der Waals surface area contributed by atoms with Crippen LogP contribution in [0.5, 0.6) is 0 Å². The summed E-state index contributed by atoms with van der Waals surface area (Å²) in [6.45, 7) is 3.76. The molecule has 0 saturated heterocycles. The highest BCUT2D eigenvalue weighted by atomic mass is 32.2. The van der Waals surface area contributed by atoms with Gasteiger partial charge in [0.1, 0.15) is 0 Å². The van der Waals surface area contributed by atoms with E-state index in [1.807, 2.05) is 80.6 Å². The summed E-state index contributed by atoms with van der Waals surface area (Å²) in [5.74, 6) is -0.260. The van der Waals surface area contributed by atoms with Crippen molar-refractivity contribution in [2.24, 2.45) is 0 Å². The average molecular weight is 391 g/mol. The number of nitrogens with one attached hydrogen (secondary N) is 2. The monoisotopic (exact) mass is 390 g/mol. The predicted octanol–water partition coefficient (Wildman–Crippen LogP) is 5.37. The molecule has 142 valence electrons. The molecule has 5 heteroatoms. The third-order valence-corrected chi connectivity index (χ3v) is 5.41. The lowest BCUT2D eigenvalue weighted by Crippen LogP contribution is -2.23. The summed E-state index contributed by atoms with van der Waals surface area (Å²) in [5.41, 5.74) is 2.77. The minimum Gasteiger partial charge on any atom is -0.325 e.